The van der Waals surface area contributed by atoms with E-state index in [1.807, 2.05) is 5.38 Å². The molecule has 2 aromatic heterocycles. The Kier molecular flexibility index (Phi) is 3.00. The van der Waals surface area contributed by atoms with E-state index in [2.05, 4.69) is 16.9 Å². The van der Waals surface area contributed by atoms with E-state index >= 15 is 0 Å². The highest BCUT2D eigenvalue weighted by Crippen LogP contribution is 2.11. The maximum absolute atomic E-state index is 10.6. The zero-order valence-corrected chi connectivity index (χ0v) is 9.57. The van der Waals surface area contributed by atoms with E-state index in [0.29, 0.717) is 6.54 Å². The number of hydrogen-bond acceptors (Lipinski definition) is 4. The molecule has 0 aliphatic rings. The predicted molar refractivity (Wildman–Crippen MR) is 59.8 cm³/mol. The van der Waals surface area contributed by atoms with E-state index in [1.54, 1.807) is 15.9 Å². The molecule has 0 bridgehead atoms. The quantitative estimate of drug-likeness (QED) is 0.877. The molecule has 0 saturated heterocycles. The molecule has 2 aromatic rings. The topological polar surface area (TPSA) is 68.0 Å². The van der Waals surface area contributed by atoms with Gasteiger partial charge in [-0.2, -0.15) is 0 Å². The minimum atomic E-state index is -1.01. The van der Waals surface area contributed by atoms with Crippen molar-refractivity contribution in [3.8, 4) is 0 Å². The number of carboxylic acids is 1. The van der Waals surface area contributed by atoms with Gasteiger partial charge in [0.05, 0.1) is 23.6 Å². The number of hydrogen-bond donors (Lipinski definition) is 1. The molecule has 0 aliphatic carbocycles. The Labute approximate surface area is 96.4 Å². The Balaban J connectivity index is 2.11. The zero-order valence-electron chi connectivity index (χ0n) is 8.75. The number of carboxylic acid groups (broad SMARTS) is 1. The first-order chi connectivity index (χ1) is 7.69. The monoisotopic (exact) mass is 237 g/mol. The lowest BCUT2D eigenvalue weighted by atomic mass is 10.4. The van der Waals surface area contributed by atoms with Gasteiger partial charge in [0.25, 0.3) is 0 Å². The molecule has 0 spiro atoms. The SMILES string of the molecule is CCc1nc(Cn2cnc(C(=O)O)c2)cs1. The summed E-state index contributed by atoms with van der Waals surface area (Å²) >= 11 is 1.62. The summed E-state index contributed by atoms with van der Waals surface area (Å²) in [6.07, 6.45) is 3.94. The molecule has 2 heterocycles. The van der Waals surface area contributed by atoms with E-state index < -0.39 is 5.97 Å². The van der Waals surface area contributed by atoms with Gasteiger partial charge in [-0.3, -0.25) is 0 Å². The van der Waals surface area contributed by atoms with Crippen molar-refractivity contribution in [2.24, 2.45) is 0 Å². The minimum absolute atomic E-state index is 0.0611. The second kappa shape index (κ2) is 4.44. The molecule has 0 atom stereocenters. The van der Waals surface area contributed by atoms with Gasteiger partial charge in [-0.05, 0) is 6.42 Å². The average molecular weight is 237 g/mol. The highest BCUT2D eigenvalue weighted by atomic mass is 32.1. The van der Waals surface area contributed by atoms with Gasteiger partial charge < -0.3 is 9.67 Å². The molecule has 0 aliphatic heterocycles. The fourth-order valence-corrected chi connectivity index (χ4v) is 2.06. The molecule has 2 rings (SSSR count). The number of aromatic nitrogens is 3. The Bertz CT molecular complexity index is 504. The molecule has 0 unspecified atom stereocenters. The fourth-order valence-electron chi connectivity index (χ4n) is 1.33. The molecule has 5 nitrogen and oxygen atoms in total. The van der Waals surface area contributed by atoms with E-state index in [9.17, 15) is 4.79 Å². The van der Waals surface area contributed by atoms with Crippen molar-refractivity contribution in [2.45, 2.75) is 19.9 Å². The first-order valence-corrected chi connectivity index (χ1v) is 5.75. The average Bonchev–Trinajstić information content (AvgIpc) is 2.87. The lowest BCUT2D eigenvalue weighted by molar-refractivity contribution is 0.0691. The Morgan fingerprint density at radius 1 is 1.62 bits per heavy atom. The molecular weight excluding hydrogens is 226 g/mol. The van der Waals surface area contributed by atoms with Crippen molar-refractivity contribution in [3.05, 3.63) is 34.3 Å². The summed E-state index contributed by atoms with van der Waals surface area (Å²) in [7, 11) is 0. The smallest absolute Gasteiger partial charge is 0.356 e. The highest BCUT2D eigenvalue weighted by Gasteiger charge is 2.07. The number of imidazole rings is 1. The summed E-state index contributed by atoms with van der Waals surface area (Å²) in [4.78, 5) is 18.8. The van der Waals surface area contributed by atoms with Gasteiger partial charge in [-0.1, -0.05) is 6.92 Å². The largest absolute Gasteiger partial charge is 0.476 e. The summed E-state index contributed by atoms with van der Waals surface area (Å²) < 4.78 is 1.72. The summed E-state index contributed by atoms with van der Waals surface area (Å²) in [6.45, 7) is 2.62. The van der Waals surface area contributed by atoms with Crippen molar-refractivity contribution in [2.75, 3.05) is 0 Å². The first-order valence-electron chi connectivity index (χ1n) is 4.87. The summed E-state index contributed by atoms with van der Waals surface area (Å²) in [6, 6.07) is 0. The number of rotatable bonds is 4. The van der Waals surface area contributed by atoms with E-state index in [-0.39, 0.29) is 5.69 Å². The lowest BCUT2D eigenvalue weighted by Gasteiger charge is -1.96. The summed E-state index contributed by atoms with van der Waals surface area (Å²) in [5, 5.41) is 11.8. The van der Waals surface area contributed by atoms with Gasteiger partial charge in [0.15, 0.2) is 5.69 Å². The standard InChI is InChI=1S/C10H11N3O2S/c1-2-9-12-7(5-16-9)3-13-4-8(10(14)15)11-6-13/h4-6H,2-3H2,1H3,(H,14,15). The number of nitrogens with zero attached hydrogens (tertiary/aromatic N) is 3. The second-order valence-electron chi connectivity index (χ2n) is 3.32. The summed E-state index contributed by atoms with van der Waals surface area (Å²) in [5.74, 6) is -1.01. The molecule has 1 N–H and O–H groups in total. The van der Waals surface area contributed by atoms with Crippen LogP contribution in [0, 0.1) is 0 Å². The number of thiazole rings is 1. The Hall–Kier alpha value is -1.69. The van der Waals surface area contributed by atoms with Crippen molar-refractivity contribution in [3.63, 3.8) is 0 Å². The van der Waals surface area contributed by atoms with Gasteiger partial charge in [-0.25, -0.2) is 14.8 Å². The minimum Gasteiger partial charge on any atom is -0.476 e. The Morgan fingerprint density at radius 2 is 2.44 bits per heavy atom. The maximum atomic E-state index is 10.6. The number of aryl methyl sites for hydroxylation is 1. The van der Waals surface area contributed by atoms with E-state index in [0.717, 1.165) is 17.1 Å². The third-order valence-corrected chi connectivity index (χ3v) is 3.14. The first kappa shape index (κ1) is 10.8. The third-order valence-electron chi connectivity index (χ3n) is 2.10. The molecule has 0 radical (unpaired) electrons. The fraction of sp³-hybridized carbons (Fsp3) is 0.300. The van der Waals surface area contributed by atoms with Gasteiger partial charge in [0.2, 0.25) is 0 Å². The van der Waals surface area contributed by atoms with Gasteiger partial charge in [0, 0.05) is 11.6 Å². The van der Waals surface area contributed by atoms with Crippen LogP contribution in [-0.2, 0) is 13.0 Å². The van der Waals surface area contributed by atoms with Crippen LogP contribution >= 0.6 is 11.3 Å². The molecule has 0 saturated carbocycles. The van der Waals surface area contributed by atoms with Gasteiger partial charge in [-0.15, -0.1) is 11.3 Å². The molecule has 0 amide bonds. The molecule has 84 valence electrons. The van der Waals surface area contributed by atoms with Crippen molar-refractivity contribution >= 4 is 17.3 Å². The normalized spacial score (nSPS) is 10.6. The highest BCUT2D eigenvalue weighted by molar-refractivity contribution is 7.09. The lowest BCUT2D eigenvalue weighted by Crippen LogP contribution is -1.98. The van der Waals surface area contributed by atoms with Crippen LogP contribution in [0.4, 0.5) is 0 Å². The van der Waals surface area contributed by atoms with Crippen LogP contribution in [-0.4, -0.2) is 25.6 Å². The number of aromatic carboxylic acids is 1. The van der Waals surface area contributed by atoms with Crippen LogP contribution in [0.25, 0.3) is 0 Å². The van der Waals surface area contributed by atoms with Crippen molar-refractivity contribution < 1.29 is 9.90 Å². The van der Waals surface area contributed by atoms with Crippen LogP contribution in [0.15, 0.2) is 17.9 Å². The van der Waals surface area contributed by atoms with Crippen LogP contribution in [0.5, 0.6) is 0 Å². The van der Waals surface area contributed by atoms with Crippen LogP contribution in [0.3, 0.4) is 0 Å². The van der Waals surface area contributed by atoms with E-state index in [4.69, 9.17) is 5.11 Å². The summed E-state index contributed by atoms with van der Waals surface area (Å²) in [5.41, 5.74) is 1.00. The molecule has 0 aromatic carbocycles. The molecule has 0 fully saturated rings. The van der Waals surface area contributed by atoms with Gasteiger partial charge in [0.1, 0.15) is 0 Å². The predicted octanol–water partition coefficient (Wildman–Crippen LogP) is 1.65. The van der Waals surface area contributed by atoms with Crippen LogP contribution < -0.4 is 0 Å². The third kappa shape index (κ3) is 2.27. The molecular formula is C10H11N3O2S. The van der Waals surface area contributed by atoms with Crippen LogP contribution in [0.1, 0.15) is 28.1 Å². The maximum Gasteiger partial charge on any atom is 0.356 e. The second-order valence-corrected chi connectivity index (χ2v) is 4.27. The van der Waals surface area contributed by atoms with Crippen LogP contribution in [0.2, 0.25) is 0 Å². The number of carbonyl (C=O) groups is 1. The molecule has 16 heavy (non-hydrogen) atoms. The van der Waals surface area contributed by atoms with Crippen molar-refractivity contribution in [1.29, 1.82) is 0 Å². The molecule has 6 heteroatoms. The van der Waals surface area contributed by atoms with Gasteiger partial charge >= 0.3 is 5.97 Å². The van der Waals surface area contributed by atoms with Crippen molar-refractivity contribution in [1.82, 2.24) is 14.5 Å². The Morgan fingerprint density at radius 3 is 3.00 bits per heavy atom. The zero-order chi connectivity index (χ0) is 11.5. The van der Waals surface area contributed by atoms with E-state index in [1.165, 1.54) is 12.5 Å².